The summed E-state index contributed by atoms with van der Waals surface area (Å²) in [6.45, 7) is 14.3. The molecule has 0 aromatic heterocycles. The zero-order valence-electron chi connectivity index (χ0n) is 16.9. The number of hydrogen-bond acceptors (Lipinski definition) is 2. The molecule has 0 atom stereocenters. The lowest BCUT2D eigenvalue weighted by atomic mass is 9.87. The quantitative estimate of drug-likeness (QED) is 0.814. The standard InChI is InChI=1S/C23H33NO/c1-17-12-19(14-21(13-17)23(5,6)25)16-24(7)15-18-8-10-20(11-9-18)22(2,3)4/h8-14,25H,15-16H2,1-7H3. The maximum atomic E-state index is 10.3. The Hall–Kier alpha value is -1.64. The van der Waals surface area contributed by atoms with Gasteiger partial charge >= 0.3 is 0 Å². The highest BCUT2D eigenvalue weighted by Crippen LogP contribution is 2.24. The summed E-state index contributed by atoms with van der Waals surface area (Å²) in [6.07, 6.45) is 0. The van der Waals surface area contributed by atoms with E-state index in [1.54, 1.807) is 0 Å². The lowest BCUT2D eigenvalue weighted by Gasteiger charge is -2.23. The molecule has 1 N–H and O–H groups in total. The molecule has 2 heteroatoms. The zero-order valence-corrected chi connectivity index (χ0v) is 16.9. The monoisotopic (exact) mass is 339 g/mol. The van der Waals surface area contributed by atoms with Crippen LogP contribution in [-0.2, 0) is 24.1 Å². The molecule has 0 aliphatic heterocycles. The van der Waals surface area contributed by atoms with Crippen molar-refractivity contribution in [3.8, 4) is 0 Å². The van der Waals surface area contributed by atoms with Gasteiger partial charge in [-0.05, 0) is 55.5 Å². The second-order valence-electron chi connectivity index (χ2n) is 8.89. The highest BCUT2D eigenvalue weighted by Gasteiger charge is 2.17. The van der Waals surface area contributed by atoms with Crippen molar-refractivity contribution in [1.82, 2.24) is 4.90 Å². The molecule has 0 spiro atoms. The van der Waals surface area contributed by atoms with E-state index in [2.05, 4.69) is 82.1 Å². The Bertz CT molecular complexity index is 702. The second-order valence-corrected chi connectivity index (χ2v) is 8.89. The van der Waals surface area contributed by atoms with Crippen LogP contribution < -0.4 is 0 Å². The van der Waals surface area contributed by atoms with Crippen molar-refractivity contribution in [2.24, 2.45) is 0 Å². The van der Waals surface area contributed by atoms with Crippen LogP contribution in [0.2, 0.25) is 0 Å². The molecule has 0 aliphatic carbocycles. The Morgan fingerprint density at radius 2 is 1.36 bits per heavy atom. The molecule has 0 radical (unpaired) electrons. The van der Waals surface area contributed by atoms with Crippen LogP contribution in [0.5, 0.6) is 0 Å². The molecule has 2 aromatic carbocycles. The summed E-state index contributed by atoms with van der Waals surface area (Å²) < 4.78 is 0. The average molecular weight is 340 g/mol. The molecule has 0 fully saturated rings. The van der Waals surface area contributed by atoms with E-state index in [4.69, 9.17) is 0 Å². The molecule has 136 valence electrons. The molecule has 2 nitrogen and oxygen atoms in total. The van der Waals surface area contributed by atoms with Crippen molar-refractivity contribution in [3.05, 3.63) is 70.3 Å². The van der Waals surface area contributed by atoms with E-state index in [1.807, 2.05) is 13.8 Å². The van der Waals surface area contributed by atoms with Gasteiger partial charge in [-0.2, -0.15) is 0 Å². The molecular formula is C23H33NO. The average Bonchev–Trinajstić information content (AvgIpc) is 2.45. The van der Waals surface area contributed by atoms with Gasteiger partial charge in [0.25, 0.3) is 0 Å². The first-order valence-electron chi connectivity index (χ1n) is 9.06. The highest BCUT2D eigenvalue weighted by molar-refractivity contribution is 5.33. The Morgan fingerprint density at radius 1 is 0.800 bits per heavy atom. The van der Waals surface area contributed by atoms with E-state index in [0.717, 1.165) is 18.7 Å². The van der Waals surface area contributed by atoms with Crippen LogP contribution in [-0.4, -0.2) is 17.1 Å². The van der Waals surface area contributed by atoms with Crippen LogP contribution in [0.4, 0.5) is 0 Å². The first kappa shape index (κ1) is 19.7. The molecule has 0 saturated carbocycles. The van der Waals surface area contributed by atoms with Gasteiger partial charge in [-0.15, -0.1) is 0 Å². The first-order valence-corrected chi connectivity index (χ1v) is 9.06. The molecule has 2 aromatic rings. The smallest absolute Gasteiger partial charge is 0.0840 e. The Kier molecular flexibility index (Phi) is 5.75. The Balaban J connectivity index is 2.08. The largest absolute Gasteiger partial charge is 0.386 e. The van der Waals surface area contributed by atoms with Gasteiger partial charge in [0.15, 0.2) is 0 Å². The third-order valence-corrected chi connectivity index (χ3v) is 4.57. The van der Waals surface area contributed by atoms with E-state index in [-0.39, 0.29) is 5.41 Å². The normalized spacial score (nSPS) is 12.7. The minimum atomic E-state index is -0.803. The summed E-state index contributed by atoms with van der Waals surface area (Å²) in [5.74, 6) is 0. The third kappa shape index (κ3) is 5.69. The number of hydrogen-bond donors (Lipinski definition) is 1. The van der Waals surface area contributed by atoms with Gasteiger partial charge in [0.1, 0.15) is 0 Å². The first-order chi connectivity index (χ1) is 11.4. The number of nitrogens with zero attached hydrogens (tertiary/aromatic N) is 1. The minimum absolute atomic E-state index is 0.194. The van der Waals surface area contributed by atoms with Crippen molar-refractivity contribution in [1.29, 1.82) is 0 Å². The molecule has 25 heavy (non-hydrogen) atoms. The van der Waals surface area contributed by atoms with Crippen LogP contribution in [0.3, 0.4) is 0 Å². The number of benzene rings is 2. The van der Waals surface area contributed by atoms with E-state index < -0.39 is 5.60 Å². The summed E-state index contributed by atoms with van der Waals surface area (Å²) in [6, 6.07) is 15.3. The molecule has 0 amide bonds. The van der Waals surface area contributed by atoms with Crippen LogP contribution in [0.25, 0.3) is 0 Å². The SMILES string of the molecule is Cc1cc(CN(C)Cc2ccc(C(C)(C)C)cc2)cc(C(C)(C)O)c1. The fraction of sp³-hybridized carbons (Fsp3) is 0.478. The lowest BCUT2D eigenvalue weighted by Crippen LogP contribution is -2.20. The summed E-state index contributed by atoms with van der Waals surface area (Å²) in [4.78, 5) is 2.31. The van der Waals surface area contributed by atoms with Crippen molar-refractivity contribution in [3.63, 3.8) is 0 Å². The summed E-state index contributed by atoms with van der Waals surface area (Å²) in [7, 11) is 2.14. The van der Waals surface area contributed by atoms with E-state index in [0.29, 0.717) is 0 Å². The van der Waals surface area contributed by atoms with Gasteiger partial charge in [-0.25, -0.2) is 0 Å². The number of rotatable bonds is 5. The molecule has 0 saturated heterocycles. The van der Waals surface area contributed by atoms with Gasteiger partial charge in [0.05, 0.1) is 5.60 Å². The van der Waals surface area contributed by atoms with Crippen molar-refractivity contribution >= 4 is 0 Å². The predicted molar refractivity (Wildman–Crippen MR) is 107 cm³/mol. The molecular weight excluding hydrogens is 306 g/mol. The van der Waals surface area contributed by atoms with Crippen molar-refractivity contribution in [2.75, 3.05) is 7.05 Å². The van der Waals surface area contributed by atoms with Gasteiger partial charge in [-0.3, -0.25) is 4.90 Å². The molecule has 0 aliphatic rings. The fourth-order valence-corrected chi connectivity index (χ4v) is 3.10. The molecule has 0 unspecified atom stereocenters. The third-order valence-electron chi connectivity index (χ3n) is 4.57. The van der Waals surface area contributed by atoms with Gasteiger partial charge < -0.3 is 5.11 Å². The van der Waals surface area contributed by atoms with Crippen LogP contribution in [0.1, 0.15) is 62.4 Å². The Labute approximate surface area is 153 Å². The Morgan fingerprint density at radius 3 is 1.88 bits per heavy atom. The topological polar surface area (TPSA) is 23.5 Å². The van der Waals surface area contributed by atoms with Gasteiger partial charge in [0, 0.05) is 13.1 Å². The number of aryl methyl sites for hydroxylation is 1. The maximum Gasteiger partial charge on any atom is 0.0840 e. The highest BCUT2D eigenvalue weighted by atomic mass is 16.3. The van der Waals surface area contributed by atoms with E-state index in [1.165, 1.54) is 22.3 Å². The lowest BCUT2D eigenvalue weighted by molar-refractivity contribution is 0.0784. The maximum absolute atomic E-state index is 10.3. The zero-order chi connectivity index (χ0) is 18.8. The summed E-state index contributed by atoms with van der Waals surface area (Å²) in [5.41, 5.74) is 5.49. The van der Waals surface area contributed by atoms with Crippen LogP contribution >= 0.6 is 0 Å². The van der Waals surface area contributed by atoms with Crippen LogP contribution in [0.15, 0.2) is 42.5 Å². The van der Waals surface area contributed by atoms with Gasteiger partial charge in [0.2, 0.25) is 0 Å². The van der Waals surface area contributed by atoms with E-state index in [9.17, 15) is 5.11 Å². The molecule has 0 heterocycles. The molecule has 0 bridgehead atoms. The molecule has 2 rings (SSSR count). The van der Waals surface area contributed by atoms with Crippen LogP contribution in [0, 0.1) is 6.92 Å². The predicted octanol–water partition coefficient (Wildman–Crippen LogP) is 5.15. The fourth-order valence-electron chi connectivity index (χ4n) is 3.10. The summed E-state index contributed by atoms with van der Waals surface area (Å²) in [5, 5.41) is 10.3. The van der Waals surface area contributed by atoms with Crippen molar-refractivity contribution in [2.45, 2.75) is 65.6 Å². The van der Waals surface area contributed by atoms with Gasteiger partial charge in [-0.1, -0.05) is 68.8 Å². The minimum Gasteiger partial charge on any atom is -0.386 e. The number of aliphatic hydroxyl groups is 1. The summed E-state index contributed by atoms with van der Waals surface area (Å²) >= 11 is 0. The van der Waals surface area contributed by atoms with Crippen molar-refractivity contribution < 1.29 is 5.11 Å². The second kappa shape index (κ2) is 7.31. The van der Waals surface area contributed by atoms with E-state index >= 15 is 0 Å².